The van der Waals surface area contributed by atoms with Gasteiger partial charge in [0.25, 0.3) is 0 Å². The summed E-state index contributed by atoms with van der Waals surface area (Å²) >= 11 is 0. The third-order valence-corrected chi connectivity index (χ3v) is 1.84. The number of hydrogen-bond acceptors (Lipinski definition) is 3. The molecule has 1 atom stereocenters. The number of nitrogens with two attached hydrogens (primary N) is 1. The Morgan fingerprint density at radius 1 is 1.43 bits per heavy atom. The van der Waals surface area contributed by atoms with Crippen LogP contribution in [0.1, 0.15) is 12.0 Å². The first-order chi connectivity index (χ1) is 6.74. The molecule has 0 bridgehead atoms. The average molecular weight is 192 g/mol. The van der Waals surface area contributed by atoms with Crippen molar-refractivity contribution in [2.24, 2.45) is 5.73 Å². The summed E-state index contributed by atoms with van der Waals surface area (Å²) in [4.78, 5) is 11.2. The molecule has 1 rings (SSSR count). The Labute approximate surface area is 83.9 Å². The summed E-state index contributed by atoms with van der Waals surface area (Å²) in [6, 6.07) is 8.87. The van der Waals surface area contributed by atoms with Gasteiger partial charge in [-0.15, -0.1) is 0 Å². The molecule has 0 heterocycles. The summed E-state index contributed by atoms with van der Waals surface area (Å²) in [5.74, 6) is -0.399. The molecule has 1 aromatic carbocycles. The first-order valence-electron chi connectivity index (χ1n) is 4.49. The van der Waals surface area contributed by atoms with Gasteiger partial charge in [0.2, 0.25) is 0 Å². The Bertz CT molecular complexity index is 285. The maximum absolute atomic E-state index is 11.2. The lowest BCUT2D eigenvalue weighted by atomic mass is 10.2. The van der Waals surface area contributed by atoms with Crippen LogP contribution in [0, 0.1) is 6.92 Å². The second kappa shape index (κ2) is 5.40. The molecule has 0 fully saturated rings. The lowest BCUT2D eigenvalue weighted by molar-refractivity contribution is -0.146. The van der Waals surface area contributed by atoms with Gasteiger partial charge >= 0.3 is 5.97 Å². The van der Waals surface area contributed by atoms with Crippen LogP contribution >= 0.6 is 0 Å². The minimum absolute atomic E-state index is 0.271. The van der Waals surface area contributed by atoms with Crippen LogP contribution in [0.25, 0.3) is 0 Å². The van der Waals surface area contributed by atoms with Gasteiger partial charge in [0, 0.05) is 0 Å². The smallest absolute Gasteiger partial charge is 0.323 e. The minimum Gasteiger partial charge on any atom is -0.460 e. The maximum Gasteiger partial charge on any atom is 0.323 e. The van der Waals surface area contributed by atoms with Crippen molar-refractivity contribution >= 4 is 5.97 Å². The Kier molecular flexibility index (Phi) is 4.13. The molecule has 0 aliphatic rings. The fraction of sp³-hybridized carbons (Fsp3) is 0.273. The van der Waals surface area contributed by atoms with E-state index in [9.17, 15) is 4.79 Å². The molecule has 3 nitrogen and oxygen atoms in total. The van der Waals surface area contributed by atoms with E-state index in [2.05, 4.69) is 6.92 Å². The predicted molar refractivity (Wildman–Crippen MR) is 54.2 cm³/mol. The van der Waals surface area contributed by atoms with E-state index < -0.39 is 12.0 Å². The number of carbonyl (C=O) groups excluding carboxylic acids is 1. The molecule has 1 radical (unpaired) electrons. The number of rotatable bonds is 4. The number of benzene rings is 1. The summed E-state index contributed by atoms with van der Waals surface area (Å²) in [5.41, 5.74) is 6.40. The molecule has 1 unspecified atom stereocenters. The lowest BCUT2D eigenvalue weighted by Crippen LogP contribution is -2.31. The summed E-state index contributed by atoms with van der Waals surface area (Å²) in [6.07, 6.45) is 0.355. The summed E-state index contributed by atoms with van der Waals surface area (Å²) in [7, 11) is 0. The summed E-state index contributed by atoms with van der Waals surface area (Å²) < 4.78 is 4.98. The molecule has 0 saturated carbocycles. The molecular formula is C11H14NO2. The van der Waals surface area contributed by atoms with Crippen molar-refractivity contribution in [2.75, 3.05) is 0 Å². The second-order valence-electron chi connectivity index (χ2n) is 2.99. The Balaban J connectivity index is 2.38. The zero-order chi connectivity index (χ0) is 10.4. The highest BCUT2D eigenvalue weighted by Gasteiger charge is 2.11. The molecule has 0 amide bonds. The summed E-state index contributed by atoms with van der Waals surface area (Å²) in [6.45, 7) is 3.81. The third-order valence-electron chi connectivity index (χ3n) is 1.84. The minimum atomic E-state index is -0.612. The van der Waals surface area contributed by atoms with Crippen molar-refractivity contribution < 1.29 is 9.53 Å². The molecule has 14 heavy (non-hydrogen) atoms. The first kappa shape index (κ1) is 10.7. The van der Waals surface area contributed by atoms with Crippen LogP contribution < -0.4 is 5.73 Å². The summed E-state index contributed by atoms with van der Waals surface area (Å²) in [5, 5.41) is 0. The number of carbonyl (C=O) groups is 1. The predicted octanol–water partition coefficient (Wildman–Crippen LogP) is 1.28. The molecule has 0 aliphatic heterocycles. The van der Waals surface area contributed by atoms with Gasteiger partial charge in [0.15, 0.2) is 0 Å². The van der Waals surface area contributed by atoms with Crippen LogP contribution in [0.2, 0.25) is 0 Å². The molecule has 2 N–H and O–H groups in total. The average Bonchev–Trinajstić information content (AvgIpc) is 2.26. The van der Waals surface area contributed by atoms with Crippen molar-refractivity contribution in [1.82, 2.24) is 0 Å². The molecule has 0 saturated heterocycles. The van der Waals surface area contributed by atoms with E-state index in [0.29, 0.717) is 6.42 Å². The van der Waals surface area contributed by atoms with Crippen LogP contribution in [0.4, 0.5) is 0 Å². The van der Waals surface area contributed by atoms with E-state index in [1.807, 2.05) is 30.3 Å². The van der Waals surface area contributed by atoms with Gasteiger partial charge in [0.05, 0.1) is 0 Å². The van der Waals surface area contributed by atoms with Gasteiger partial charge < -0.3 is 10.5 Å². The van der Waals surface area contributed by atoms with Crippen LogP contribution in [-0.4, -0.2) is 12.0 Å². The highest BCUT2D eigenvalue weighted by Crippen LogP contribution is 2.01. The van der Waals surface area contributed by atoms with Crippen molar-refractivity contribution in [1.29, 1.82) is 0 Å². The van der Waals surface area contributed by atoms with Gasteiger partial charge in [-0.05, 0) is 12.0 Å². The van der Waals surface area contributed by atoms with E-state index in [1.165, 1.54) is 0 Å². The van der Waals surface area contributed by atoms with Gasteiger partial charge in [-0.25, -0.2) is 0 Å². The lowest BCUT2D eigenvalue weighted by Gasteiger charge is -2.08. The van der Waals surface area contributed by atoms with Crippen molar-refractivity contribution in [2.45, 2.75) is 19.1 Å². The Hall–Kier alpha value is -1.35. The van der Waals surface area contributed by atoms with E-state index in [0.717, 1.165) is 5.56 Å². The first-order valence-corrected chi connectivity index (χ1v) is 4.49. The largest absolute Gasteiger partial charge is 0.460 e. The topological polar surface area (TPSA) is 52.3 Å². The molecule has 3 heteroatoms. The van der Waals surface area contributed by atoms with Gasteiger partial charge in [-0.3, -0.25) is 4.79 Å². The normalized spacial score (nSPS) is 12.1. The molecule has 0 aliphatic carbocycles. The molecule has 0 spiro atoms. The van der Waals surface area contributed by atoms with Gasteiger partial charge in [0.1, 0.15) is 12.6 Å². The Morgan fingerprint density at radius 3 is 2.64 bits per heavy atom. The van der Waals surface area contributed by atoms with Crippen LogP contribution in [0.3, 0.4) is 0 Å². The number of hydrogen-bond donors (Lipinski definition) is 1. The Morgan fingerprint density at radius 2 is 2.07 bits per heavy atom. The number of ether oxygens (including phenoxy) is 1. The maximum atomic E-state index is 11.2. The fourth-order valence-electron chi connectivity index (χ4n) is 0.954. The SMILES string of the molecule is [CH2]CC(N)C(=O)OCc1ccccc1. The molecule has 0 aromatic heterocycles. The van der Waals surface area contributed by atoms with Crippen molar-refractivity contribution in [3.8, 4) is 0 Å². The highest BCUT2D eigenvalue weighted by atomic mass is 16.5. The molecule has 1 aromatic rings. The zero-order valence-corrected chi connectivity index (χ0v) is 7.98. The van der Waals surface area contributed by atoms with E-state index >= 15 is 0 Å². The zero-order valence-electron chi connectivity index (χ0n) is 7.98. The van der Waals surface area contributed by atoms with Crippen molar-refractivity contribution in [3.63, 3.8) is 0 Å². The fourth-order valence-corrected chi connectivity index (χ4v) is 0.954. The van der Waals surface area contributed by atoms with Gasteiger partial charge in [-0.2, -0.15) is 0 Å². The molecule has 75 valence electrons. The van der Waals surface area contributed by atoms with E-state index in [1.54, 1.807) is 0 Å². The van der Waals surface area contributed by atoms with Crippen molar-refractivity contribution in [3.05, 3.63) is 42.8 Å². The van der Waals surface area contributed by atoms with E-state index in [4.69, 9.17) is 10.5 Å². The number of esters is 1. The standard InChI is InChI=1S/C11H14NO2/c1-2-10(12)11(13)14-8-9-6-4-3-5-7-9/h3-7,10H,1-2,8,12H2. The second-order valence-corrected chi connectivity index (χ2v) is 2.99. The van der Waals surface area contributed by atoms with Crippen LogP contribution in [0.15, 0.2) is 30.3 Å². The molecular weight excluding hydrogens is 178 g/mol. The van der Waals surface area contributed by atoms with Gasteiger partial charge in [-0.1, -0.05) is 37.3 Å². The monoisotopic (exact) mass is 192 g/mol. The van der Waals surface area contributed by atoms with Crippen LogP contribution in [-0.2, 0) is 16.1 Å². The quantitative estimate of drug-likeness (QED) is 0.731. The van der Waals surface area contributed by atoms with E-state index in [-0.39, 0.29) is 6.61 Å². The van der Waals surface area contributed by atoms with Crippen LogP contribution in [0.5, 0.6) is 0 Å². The third kappa shape index (κ3) is 3.18. The highest BCUT2D eigenvalue weighted by molar-refractivity contribution is 5.75.